The SMILES string of the molecule is CCC(C)C(CNC)c1cc(C)ccc1OC. The standard InChI is InChI=1S/C15H25NO/c1-6-12(3)14(10-16-4)13-9-11(2)7-8-15(13)17-5/h7-9,12,14,16H,6,10H2,1-5H3. The molecule has 2 heteroatoms. The van der Waals surface area contributed by atoms with Gasteiger partial charge < -0.3 is 10.1 Å². The summed E-state index contributed by atoms with van der Waals surface area (Å²) in [6, 6.07) is 6.44. The average molecular weight is 235 g/mol. The molecule has 0 saturated heterocycles. The van der Waals surface area contributed by atoms with Crippen molar-refractivity contribution in [3.05, 3.63) is 29.3 Å². The second-order valence-corrected chi connectivity index (χ2v) is 4.80. The lowest BCUT2D eigenvalue weighted by Crippen LogP contribution is -2.23. The van der Waals surface area contributed by atoms with E-state index < -0.39 is 0 Å². The van der Waals surface area contributed by atoms with Crippen molar-refractivity contribution in [2.24, 2.45) is 5.92 Å². The lowest BCUT2D eigenvalue weighted by atomic mass is 9.84. The van der Waals surface area contributed by atoms with Crippen LogP contribution in [0.25, 0.3) is 0 Å². The summed E-state index contributed by atoms with van der Waals surface area (Å²) in [5.41, 5.74) is 2.63. The third-order valence-corrected chi connectivity index (χ3v) is 3.54. The van der Waals surface area contributed by atoms with E-state index in [-0.39, 0.29) is 0 Å². The van der Waals surface area contributed by atoms with E-state index >= 15 is 0 Å². The predicted octanol–water partition coefficient (Wildman–Crippen LogP) is 3.35. The van der Waals surface area contributed by atoms with E-state index in [2.05, 4.69) is 44.3 Å². The van der Waals surface area contributed by atoms with E-state index in [1.807, 2.05) is 7.05 Å². The maximum Gasteiger partial charge on any atom is 0.122 e. The minimum atomic E-state index is 0.514. The summed E-state index contributed by atoms with van der Waals surface area (Å²) < 4.78 is 5.49. The van der Waals surface area contributed by atoms with Crippen molar-refractivity contribution >= 4 is 0 Å². The van der Waals surface area contributed by atoms with Crippen LogP contribution in [-0.4, -0.2) is 20.7 Å². The van der Waals surface area contributed by atoms with Gasteiger partial charge in [0.15, 0.2) is 0 Å². The van der Waals surface area contributed by atoms with Crippen molar-refractivity contribution in [3.8, 4) is 5.75 Å². The predicted molar refractivity (Wildman–Crippen MR) is 73.9 cm³/mol. The minimum absolute atomic E-state index is 0.514. The number of methoxy groups -OCH3 is 1. The van der Waals surface area contributed by atoms with Crippen LogP contribution >= 0.6 is 0 Å². The summed E-state index contributed by atoms with van der Waals surface area (Å²) >= 11 is 0. The Kier molecular flexibility index (Phi) is 5.49. The van der Waals surface area contributed by atoms with Crippen LogP contribution in [0.15, 0.2) is 18.2 Å². The molecule has 0 heterocycles. The van der Waals surface area contributed by atoms with Crippen LogP contribution in [0.5, 0.6) is 5.75 Å². The highest BCUT2D eigenvalue weighted by molar-refractivity contribution is 5.40. The zero-order chi connectivity index (χ0) is 12.8. The Bertz CT molecular complexity index is 349. The molecule has 0 amide bonds. The summed E-state index contributed by atoms with van der Waals surface area (Å²) in [6.45, 7) is 7.68. The van der Waals surface area contributed by atoms with Gasteiger partial charge in [-0.05, 0) is 31.5 Å². The molecule has 1 N–H and O–H groups in total. The first-order valence-electron chi connectivity index (χ1n) is 6.43. The fourth-order valence-electron chi connectivity index (χ4n) is 2.27. The molecule has 0 aliphatic rings. The maximum atomic E-state index is 5.49. The second-order valence-electron chi connectivity index (χ2n) is 4.80. The average Bonchev–Trinajstić information content (AvgIpc) is 2.35. The summed E-state index contributed by atoms with van der Waals surface area (Å²) in [4.78, 5) is 0. The van der Waals surface area contributed by atoms with Gasteiger partial charge in [-0.1, -0.05) is 38.0 Å². The maximum absolute atomic E-state index is 5.49. The molecular formula is C15H25NO. The van der Waals surface area contributed by atoms with Crippen molar-refractivity contribution in [2.75, 3.05) is 20.7 Å². The Hall–Kier alpha value is -1.02. The van der Waals surface area contributed by atoms with E-state index in [9.17, 15) is 0 Å². The van der Waals surface area contributed by atoms with Crippen LogP contribution in [0, 0.1) is 12.8 Å². The summed E-state index contributed by atoms with van der Waals surface area (Å²) in [6.07, 6.45) is 1.18. The molecule has 1 rings (SSSR count). The molecule has 0 spiro atoms. The molecule has 0 aliphatic carbocycles. The van der Waals surface area contributed by atoms with Crippen LogP contribution in [0.3, 0.4) is 0 Å². The highest BCUT2D eigenvalue weighted by Crippen LogP contribution is 2.33. The Morgan fingerprint density at radius 2 is 2.06 bits per heavy atom. The van der Waals surface area contributed by atoms with Gasteiger partial charge in [-0.3, -0.25) is 0 Å². The lowest BCUT2D eigenvalue weighted by molar-refractivity contribution is 0.381. The smallest absolute Gasteiger partial charge is 0.122 e. The first-order chi connectivity index (χ1) is 8.13. The first kappa shape index (κ1) is 14.0. The third-order valence-electron chi connectivity index (χ3n) is 3.54. The number of ether oxygens (including phenoxy) is 1. The molecule has 0 bridgehead atoms. The van der Waals surface area contributed by atoms with E-state index in [1.165, 1.54) is 17.5 Å². The number of likely N-dealkylation sites (N-methyl/N-ethyl adjacent to an activating group) is 1. The topological polar surface area (TPSA) is 21.3 Å². The monoisotopic (exact) mass is 235 g/mol. The van der Waals surface area contributed by atoms with Crippen LogP contribution in [0.2, 0.25) is 0 Å². The zero-order valence-corrected chi connectivity index (χ0v) is 11.7. The number of hydrogen-bond acceptors (Lipinski definition) is 2. The van der Waals surface area contributed by atoms with Crippen LogP contribution < -0.4 is 10.1 Å². The van der Waals surface area contributed by atoms with Crippen LogP contribution in [0.4, 0.5) is 0 Å². The quantitative estimate of drug-likeness (QED) is 0.816. The van der Waals surface area contributed by atoms with Crippen molar-refractivity contribution < 1.29 is 4.74 Å². The first-order valence-corrected chi connectivity index (χ1v) is 6.43. The van der Waals surface area contributed by atoms with Crippen molar-refractivity contribution in [3.63, 3.8) is 0 Å². The van der Waals surface area contributed by atoms with Gasteiger partial charge in [0.2, 0.25) is 0 Å². The van der Waals surface area contributed by atoms with Gasteiger partial charge >= 0.3 is 0 Å². The van der Waals surface area contributed by atoms with Gasteiger partial charge in [0.05, 0.1) is 7.11 Å². The van der Waals surface area contributed by atoms with Gasteiger partial charge in [-0.25, -0.2) is 0 Å². The minimum Gasteiger partial charge on any atom is -0.496 e. The fraction of sp³-hybridized carbons (Fsp3) is 0.600. The number of benzene rings is 1. The Morgan fingerprint density at radius 1 is 1.35 bits per heavy atom. The van der Waals surface area contributed by atoms with E-state index in [4.69, 9.17) is 4.74 Å². The van der Waals surface area contributed by atoms with Gasteiger partial charge in [0.25, 0.3) is 0 Å². The second kappa shape index (κ2) is 6.65. The molecule has 0 fully saturated rings. The summed E-state index contributed by atoms with van der Waals surface area (Å²) in [7, 11) is 3.76. The normalized spacial score (nSPS) is 14.4. The van der Waals surface area contributed by atoms with E-state index in [0.29, 0.717) is 11.8 Å². The van der Waals surface area contributed by atoms with E-state index in [0.717, 1.165) is 12.3 Å². The Labute approximate surface area is 105 Å². The largest absolute Gasteiger partial charge is 0.496 e. The Morgan fingerprint density at radius 3 is 2.59 bits per heavy atom. The number of aryl methyl sites for hydroxylation is 1. The third kappa shape index (κ3) is 3.47. The molecule has 1 aromatic carbocycles. The van der Waals surface area contributed by atoms with Gasteiger partial charge in [-0.2, -0.15) is 0 Å². The van der Waals surface area contributed by atoms with Gasteiger partial charge in [0.1, 0.15) is 5.75 Å². The van der Waals surface area contributed by atoms with Crippen molar-refractivity contribution in [1.29, 1.82) is 0 Å². The van der Waals surface area contributed by atoms with Gasteiger partial charge in [0, 0.05) is 12.5 Å². The van der Waals surface area contributed by atoms with Crippen molar-refractivity contribution in [2.45, 2.75) is 33.1 Å². The summed E-state index contributed by atoms with van der Waals surface area (Å²) in [5.74, 6) is 2.18. The van der Waals surface area contributed by atoms with Crippen LogP contribution in [0.1, 0.15) is 37.3 Å². The molecule has 1 aromatic rings. The molecule has 0 saturated carbocycles. The highest BCUT2D eigenvalue weighted by atomic mass is 16.5. The molecule has 2 atom stereocenters. The van der Waals surface area contributed by atoms with Crippen molar-refractivity contribution in [1.82, 2.24) is 5.32 Å². The molecule has 0 aliphatic heterocycles. The fourth-order valence-corrected chi connectivity index (χ4v) is 2.27. The number of nitrogens with one attached hydrogen (secondary N) is 1. The van der Waals surface area contributed by atoms with Gasteiger partial charge in [-0.15, -0.1) is 0 Å². The molecule has 2 unspecified atom stereocenters. The zero-order valence-electron chi connectivity index (χ0n) is 11.7. The van der Waals surface area contributed by atoms with Crippen LogP contribution in [-0.2, 0) is 0 Å². The summed E-state index contributed by atoms with van der Waals surface area (Å²) in [5, 5.41) is 3.30. The van der Waals surface area contributed by atoms with E-state index in [1.54, 1.807) is 7.11 Å². The molecule has 17 heavy (non-hydrogen) atoms. The number of rotatable bonds is 6. The molecule has 96 valence electrons. The molecule has 2 nitrogen and oxygen atoms in total. The molecule has 0 radical (unpaired) electrons. The lowest BCUT2D eigenvalue weighted by Gasteiger charge is -2.25. The molecule has 0 aromatic heterocycles. The Balaban J connectivity index is 3.11. The molecular weight excluding hydrogens is 210 g/mol. The number of hydrogen-bond donors (Lipinski definition) is 1. The highest BCUT2D eigenvalue weighted by Gasteiger charge is 2.20.